The number of hydrogen-bond acceptors (Lipinski definition) is 3. The first-order chi connectivity index (χ1) is 7.32. The molecule has 2 unspecified atom stereocenters. The average molecular weight is 272 g/mol. The number of nitrogens with one attached hydrogen (secondary N) is 1. The molecule has 0 rings (SSSR count). The van der Waals surface area contributed by atoms with Gasteiger partial charge in [0.15, 0.2) is 0 Å². The summed E-state index contributed by atoms with van der Waals surface area (Å²) in [6, 6.07) is -0.211. The number of aliphatic hydroxyl groups is 1. The number of sulfonamides is 1. The Bertz CT molecular complexity index is 280. The van der Waals surface area contributed by atoms with Crippen LogP contribution in [0.1, 0.15) is 27.2 Å². The maximum atomic E-state index is 11.7. The standard InChI is InChI=1S/C10H22ClNO3S/c1-8(2)10(4-5-13)12-16(14,15)7-9(3)6-11/h8-10,12-13H,4-7H2,1-3H3. The van der Waals surface area contributed by atoms with E-state index < -0.39 is 10.0 Å². The zero-order valence-electron chi connectivity index (χ0n) is 10.1. The van der Waals surface area contributed by atoms with Crippen molar-refractivity contribution in [1.29, 1.82) is 0 Å². The average Bonchev–Trinajstić information content (AvgIpc) is 2.15. The van der Waals surface area contributed by atoms with Crippen LogP contribution < -0.4 is 4.72 Å². The van der Waals surface area contributed by atoms with Gasteiger partial charge in [0, 0.05) is 18.5 Å². The van der Waals surface area contributed by atoms with E-state index in [2.05, 4.69) is 4.72 Å². The van der Waals surface area contributed by atoms with Gasteiger partial charge >= 0.3 is 0 Å². The summed E-state index contributed by atoms with van der Waals surface area (Å²) in [5, 5.41) is 8.85. The SMILES string of the molecule is CC(CCl)CS(=O)(=O)NC(CCO)C(C)C. The predicted molar refractivity (Wildman–Crippen MR) is 67.1 cm³/mol. The van der Waals surface area contributed by atoms with Crippen LogP contribution in [0.3, 0.4) is 0 Å². The summed E-state index contributed by atoms with van der Waals surface area (Å²) >= 11 is 5.59. The first kappa shape index (κ1) is 16.2. The van der Waals surface area contributed by atoms with Gasteiger partial charge in [-0.1, -0.05) is 20.8 Å². The smallest absolute Gasteiger partial charge is 0.212 e. The van der Waals surface area contributed by atoms with E-state index >= 15 is 0 Å². The fourth-order valence-corrected chi connectivity index (χ4v) is 3.42. The highest BCUT2D eigenvalue weighted by molar-refractivity contribution is 7.89. The van der Waals surface area contributed by atoms with E-state index in [0.717, 1.165) is 0 Å². The normalized spacial score (nSPS) is 16.4. The summed E-state index contributed by atoms with van der Waals surface area (Å²) in [6.07, 6.45) is 0.437. The molecule has 0 heterocycles. The molecule has 0 spiro atoms. The molecule has 0 radical (unpaired) electrons. The first-order valence-corrected chi connectivity index (χ1v) is 7.68. The topological polar surface area (TPSA) is 66.4 Å². The van der Waals surface area contributed by atoms with Gasteiger partial charge in [-0.25, -0.2) is 13.1 Å². The number of aliphatic hydroxyl groups excluding tert-OH is 1. The van der Waals surface area contributed by atoms with E-state index in [1.54, 1.807) is 6.92 Å². The maximum Gasteiger partial charge on any atom is 0.212 e. The van der Waals surface area contributed by atoms with E-state index in [-0.39, 0.29) is 30.2 Å². The molecule has 0 aromatic carbocycles. The van der Waals surface area contributed by atoms with Crippen molar-refractivity contribution in [1.82, 2.24) is 4.72 Å². The van der Waals surface area contributed by atoms with Crippen molar-refractivity contribution < 1.29 is 13.5 Å². The van der Waals surface area contributed by atoms with Gasteiger partial charge in [-0.05, 0) is 18.3 Å². The molecular weight excluding hydrogens is 250 g/mol. The molecule has 6 heteroatoms. The van der Waals surface area contributed by atoms with Gasteiger partial charge in [0.25, 0.3) is 0 Å². The lowest BCUT2D eigenvalue weighted by Gasteiger charge is -2.22. The highest BCUT2D eigenvalue weighted by Gasteiger charge is 2.21. The Morgan fingerprint density at radius 3 is 2.25 bits per heavy atom. The van der Waals surface area contributed by atoms with Crippen LogP contribution in [0.2, 0.25) is 0 Å². The van der Waals surface area contributed by atoms with Gasteiger partial charge in [-0.3, -0.25) is 0 Å². The zero-order valence-corrected chi connectivity index (χ0v) is 11.7. The Kier molecular flexibility index (Phi) is 7.55. The largest absolute Gasteiger partial charge is 0.396 e. The highest BCUT2D eigenvalue weighted by atomic mass is 35.5. The van der Waals surface area contributed by atoms with Crippen molar-refractivity contribution >= 4 is 21.6 Å². The lowest BCUT2D eigenvalue weighted by molar-refractivity contribution is 0.255. The Labute approximate surface area is 103 Å². The van der Waals surface area contributed by atoms with E-state index in [0.29, 0.717) is 12.3 Å². The Balaban J connectivity index is 4.42. The zero-order chi connectivity index (χ0) is 12.8. The molecule has 0 aromatic rings. The number of halogens is 1. The summed E-state index contributed by atoms with van der Waals surface area (Å²) in [7, 11) is -3.30. The van der Waals surface area contributed by atoms with E-state index in [1.165, 1.54) is 0 Å². The molecule has 0 aromatic heterocycles. The van der Waals surface area contributed by atoms with Crippen LogP contribution in [0.25, 0.3) is 0 Å². The molecule has 0 fully saturated rings. The summed E-state index contributed by atoms with van der Waals surface area (Å²) in [5.41, 5.74) is 0. The molecule has 0 amide bonds. The molecule has 0 aliphatic carbocycles. The second kappa shape index (κ2) is 7.48. The minimum Gasteiger partial charge on any atom is -0.396 e. The second-order valence-corrected chi connectivity index (χ2v) is 6.63. The maximum absolute atomic E-state index is 11.7. The minimum absolute atomic E-state index is 0.0174. The summed E-state index contributed by atoms with van der Waals surface area (Å²) in [5.74, 6) is 0.452. The molecule has 0 saturated heterocycles. The second-order valence-electron chi connectivity index (χ2n) is 4.52. The van der Waals surface area contributed by atoms with Gasteiger partial charge in [0.05, 0.1) is 5.75 Å². The molecule has 16 heavy (non-hydrogen) atoms. The van der Waals surface area contributed by atoms with Crippen molar-refractivity contribution in [3.8, 4) is 0 Å². The molecule has 0 saturated carbocycles. The number of alkyl halides is 1. The Morgan fingerprint density at radius 2 is 1.88 bits per heavy atom. The van der Waals surface area contributed by atoms with Crippen molar-refractivity contribution in [2.24, 2.45) is 11.8 Å². The van der Waals surface area contributed by atoms with Gasteiger partial charge in [-0.2, -0.15) is 0 Å². The minimum atomic E-state index is -3.30. The molecule has 2 atom stereocenters. The van der Waals surface area contributed by atoms with Crippen LogP contribution in [0.5, 0.6) is 0 Å². The van der Waals surface area contributed by atoms with Crippen molar-refractivity contribution in [2.45, 2.75) is 33.2 Å². The predicted octanol–water partition coefficient (Wildman–Crippen LogP) is 1.19. The van der Waals surface area contributed by atoms with Gasteiger partial charge in [0.1, 0.15) is 0 Å². The Morgan fingerprint density at radius 1 is 1.31 bits per heavy atom. The molecule has 4 nitrogen and oxygen atoms in total. The van der Waals surface area contributed by atoms with Gasteiger partial charge in [-0.15, -0.1) is 11.6 Å². The van der Waals surface area contributed by atoms with Crippen molar-refractivity contribution in [3.63, 3.8) is 0 Å². The molecule has 0 aliphatic heterocycles. The van der Waals surface area contributed by atoms with Crippen LogP contribution in [-0.4, -0.2) is 37.8 Å². The highest BCUT2D eigenvalue weighted by Crippen LogP contribution is 2.09. The van der Waals surface area contributed by atoms with Crippen LogP contribution >= 0.6 is 11.6 Å². The van der Waals surface area contributed by atoms with E-state index in [4.69, 9.17) is 16.7 Å². The fourth-order valence-electron chi connectivity index (χ4n) is 1.37. The molecular formula is C10H22ClNO3S. The quantitative estimate of drug-likeness (QED) is 0.652. The summed E-state index contributed by atoms with van der Waals surface area (Å²) in [6.45, 7) is 5.63. The lowest BCUT2D eigenvalue weighted by Crippen LogP contribution is -2.41. The third-order valence-electron chi connectivity index (χ3n) is 2.34. The van der Waals surface area contributed by atoms with Crippen molar-refractivity contribution in [2.75, 3.05) is 18.2 Å². The van der Waals surface area contributed by atoms with E-state index in [9.17, 15) is 8.42 Å². The van der Waals surface area contributed by atoms with Crippen molar-refractivity contribution in [3.05, 3.63) is 0 Å². The van der Waals surface area contributed by atoms with Crippen LogP contribution in [-0.2, 0) is 10.0 Å². The van der Waals surface area contributed by atoms with Gasteiger partial charge in [0.2, 0.25) is 10.0 Å². The van der Waals surface area contributed by atoms with Crippen LogP contribution in [0.4, 0.5) is 0 Å². The number of rotatable bonds is 8. The van der Waals surface area contributed by atoms with Crippen LogP contribution in [0, 0.1) is 11.8 Å². The Hall–Kier alpha value is 0.160. The van der Waals surface area contributed by atoms with E-state index in [1.807, 2.05) is 13.8 Å². The molecule has 0 bridgehead atoms. The van der Waals surface area contributed by atoms with Gasteiger partial charge < -0.3 is 5.11 Å². The third kappa shape index (κ3) is 6.68. The summed E-state index contributed by atoms with van der Waals surface area (Å²) < 4.78 is 26.1. The first-order valence-electron chi connectivity index (χ1n) is 5.49. The number of hydrogen-bond donors (Lipinski definition) is 2. The molecule has 2 N–H and O–H groups in total. The molecule has 0 aliphatic rings. The van der Waals surface area contributed by atoms with Crippen LogP contribution in [0.15, 0.2) is 0 Å². The fraction of sp³-hybridized carbons (Fsp3) is 1.00. The third-order valence-corrected chi connectivity index (χ3v) is 4.54. The molecule has 98 valence electrons. The lowest BCUT2D eigenvalue weighted by atomic mass is 10.0. The monoisotopic (exact) mass is 271 g/mol. The summed E-state index contributed by atoms with van der Waals surface area (Å²) in [4.78, 5) is 0.